The van der Waals surface area contributed by atoms with E-state index in [1.54, 1.807) is 6.20 Å². The normalized spacial score (nSPS) is 21.3. The Hall–Kier alpha value is -1.16. The number of nitrogens with zero attached hydrogens (tertiary/aromatic N) is 2. The lowest BCUT2D eigenvalue weighted by atomic mass is 9.84. The third-order valence-corrected chi connectivity index (χ3v) is 4.08. The zero-order chi connectivity index (χ0) is 13.7. The van der Waals surface area contributed by atoms with Crippen molar-refractivity contribution in [1.29, 1.82) is 0 Å². The second-order valence-electron chi connectivity index (χ2n) is 5.66. The molecule has 1 aromatic heterocycles. The zero-order valence-electron chi connectivity index (χ0n) is 12.1. The summed E-state index contributed by atoms with van der Waals surface area (Å²) in [4.78, 5) is 16.6. The van der Waals surface area contributed by atoms with Crippen molar-refractivity contribution in [2.24, 2.45) is 11.8 Å². The van der Waals surface area contributed by atoms with Crippen LogP contribution < -0.4 is 5.32 Å². The van der Waals surface area contributed by atoms with Crippen LogP contribution in [0.4, 0.5) is 0 Å². The van der Waals surface area contributed by atoms with E-state index in [0.717, 1.165) is 26.1 Å². The van der Waals surface area contributed by atoms with Gasteiger partial charge in [0.2, 0.25) is 0 Å². The number of rotatable bonds is 6. The molecule has 2 rings (SSSR count). The molecule has 19 heavy (non-hydrogen) atoms. The minimum atomic E-state index is 0.191. The first-order chi connectivity index (χ1) is 9.22. The van der Waals surface area contributed by atoms with Gasteiger partial charge in [-0.2, -0.15) is 0 Å². The lowest BCUT2D eigenvalue weighted by molar-refractivity contribution is 0.0928. The van der Waals surface area contributed by atoms with E-state index in [-0.39, 0.29) is 5.78 Å². The maximum absolute atomic E-state index is 12.4. The average Bonchev–Trinajstić information content (AvgIpc) is 2.88. The third-order valence-electron chi connectivity index (χ3n) is 4.08. The molecule has 4 nitrogen and oxygen atoms in total. The standard InChI is InChI=1S/C15H25N3O/c1-3-8-18-9-7-17-15(18)14(19)10-12(2)13-5-4-6-16-11-13/h7,9,12-13,16H,3-6,8,10-11H2,1-2H3. The van der Waals surface area contributed by atoms with Crippen LogP contribution in [0.3, 0.4) is 0 Å². The molecule has 1 aliphatic heterocycles. The molecule has 1 saturated heterocycles. The Kier molecular flexibility index (Phi) is 5.14. The van der Waals surface area contributed by atoms with Gasteiger partial charge in [0.1, 0.15) is 0 Å². The van der Waals surface area contributed by atoms with Crippen molar-refractivity contribution < 1.29 is 4.79 Å². The van der Waals surface area contributed by atoms with Crippen LogP contribution in [0, 0.1) is 11.8 Å². The average molecular weight is 263 g/mol. The molecule has 1 aromatic rings. The Morgan fingerprint density at radius 1 is 1.63 bits per heavy atom. The molecule has 1 fully saturated rings. The van der Waals surface area contributed by atoms with Crippen molar-refractivity contribution in [3.05, 3.63) is 18.2 Å². The van der Waals surface area contributed by atoms with Crippen LogP contribution in [0.25, 0.3) is 0 Å². The van der Waals surface area contributed by atoms with Gasteiger partial charge in [-0.1, -0.05) is 13.8 Å². The fourth-order valence-electron chi connectivity index (χ4n) is 2.90. The number of ketones is 1. The minimum absolute atomic E-state index is 0.191. The Bertz CT molecular complexity index is 407. The summed E-state index contributed by atoms with van der Waals surface area (Å²) < 4.78 is 1.98. The molecule has 4 heteroatoms. The van der Waals surface area contributed by atoms with Crippen LogP contribution in [0.5, 0.6) is 0 Å². The van der Waals surface area contributed by atoms with Gasteiger partial charge < -0.3 is 9.88 Å². The van der Waals surface area contributed by atoms with Gasteiger partial charge in [0.15, 0.2) is 11.6 Å². The number of hydrogen-bond acceptors (Lipinski definition) is 3. The van der Waals surface area contributed by atoms with Gasteiger partial charge in [0, 0.05) is 25.4 Å². The highest BCUT2D eigenvalue weighted by Gasteiger charge is 2.24. The van der Waals surface area contributed by atoms with Crippen LogP contribution in [0.1, 0.15) is 50.1 Å². The molecule has 0 spiro atoms. The lowest BCUT2D eigenvalue weighted by Crippen LogP contribution is -2.34. The van der Waals surface area contributed by atoms with Crippen LogP contribution in [-0.2, 0) is 6.54 Å². The molecule has 0 saturated carbocycles. The highest BCUT2D eigenvalue weighted by atomic mass is 16.1. The minimum Gasteiger partial charge on any atom is -0.329 e. The van der Waals surface area contributed by atoms with Crippen LogP contribution >= 0.6 is 0 Å². The zero-order valence-corrected chi connectivity index (χ0v) is 12.1. The molecule has 1 N–H and O–H groups in total. The van der Waals surface area contributed by atoms with E-state index in [2.05, 4.69) is 24.1 Å². The van der Waals surface area contributed by atoms with Crippen LogP contribution in [0.2, 0.25) is 0 Å². The molecule has 106 valence electrons. The summed E-state index contributed by atoms with van der Waals surface area (Å²) in [5.41, 5.74) is 0. The predicted octanol–water partition coefficient (Wildman–Crippen LogP) is 2.50. The van der Waals surface area contributed by atoms with Gasteiger partial charge >= 0.3 is 0 Å². The van der Waals surface area contributed by atoms with Gasteiger partial charge in [0.05, 0.1) is 0 Å². The van der Waals surface area contributed by atoms with E-state index in [0.29, 0.717) is 24.1 Å². The van der Waals surface area contributed by atoms with Gasteiger partial charge in [-0.3, -0.25) is 4.79 Å². The van der Waals surface area contributed by atoms with E-state index in [1.807, 2.05) is 10.8 Å². The van der Waals surface area contributed by atoms with Crippen LogP contribution in [-0.4, -0.2) is 28.4 Å². The summed E-state index contributed by atoms with van der Waals surface area (Å²) in [6, 6.07) is 0. The van der Waals surface area contributed by atoms with E-state index in [4.69, 9.17) is 0 Å². The molecule has 0 aliphatic carbocycles. The van der Waals surface area contributed by atoms with Crippen molar-refractivity contribution in [1.82, 2.24) is 14.9 Å². The molecule has 0 radical (unpaired) electrons. The Morgan fingerprint density at radius 2 is 2.47 bits per heavy atom. The number of imidazole rings is 1. The Balaban J connectivity index is 1.93. The topological polar surface area (TPSA) is 46.9 Å². The monoisotopic (exact) mass is 263 g/mol. The highest BCUT2D eigenvalue weighted by Crippen LogP contribution is 2.23. The number of hydrogen-bond donors (Lipinski definition) is 1. The predicted molar refractivity (Wildman–Crippen MR) is 76.2 cm³/mol. The molecule has 0 aromatic carbocycles. The molecule has 2 atom stereocenters. The number of aryl methyl sites for hydroxylation is 1. The highest BCUT2D eigenvalue weighted by molar-refractivity contribution is 5.92. The number of nitrogens with one attached hydrogen (secondary N) is 1. The van der Waals surface area contributed by atoms with Crippen molar-refractivity contribution >= 4 is 5.78 Å². The SMILES string of the molecule is CCCn1ccnc1C(=O)CC(C)C1CCCNC1. The van der Waals surface area contributed by atoms with Crippen molar-refractivity contribution in [2.75, 3.05) is 13.1 Å². The van der Waals surface area contributed by atoms with E-state index < -0.39 is 0 Å². The van der Waals surface area contributed by atoms with Crippen molar-refractivity contribution in [3.8, 4) is 0 Å². The van der Waals surface area contributed by atoms with E-state index in [1.165, 1.54) is 12.8 Å². The molecule has 2 unspecified atom stereocenters. The largest absolute Gasteiger partial charge is 0.329 e. The quantitative estimate of drug-likeness (QED) is 0.802. The molecule has 0 bridgehead atoms. The fraction of sp³-hybridized carbons (Fsp3) is 0.733. The summed E-state index contributed by atoms with van der Waals surface area (Å²) in [5, 5.41) is 3.42. The molecule has 0 amide bonds. The van der Waals surface area contributed by atoms with Gasteiger partial charge in [-0.15, -0.1) is 0 Å². The Labute approximate surface area is 115 Å². The summed E-state index contributed by atoms with van der Waals surface area (Å²) in [7, 11) is 0. The first-order valence-corrected chi connectivity index (χ1v) is 7.47. The summed E-state index contributed by atoms with van der Waals surface area (Å²) in [5.74, 6) is 1.90. The van der Waals surface area contributed by atoms with E-state index in [9.17, 15) is 4.79 Å². The first-order valence-electron chi connectivity index (χ1n) is 7.47. The summed E-state index contributed by atoms with van der Waals surface area (Å²) in [6.07, 6.45) is 7.75. The van der Waals surface area contributed by atoms with E-state index >= 15 is 0 Å². The Morgan fingerprint density at radius 3 is 3.16 bits per heavy atom. The number of aromatic nitrogens is 2. The van der Waals surface area contributed by atoms with Crippen LogP contribution in [0.15, 0.2) is 12.4 Å². The molecular weight excluding hydrogens is 238 g/mol. The summed E-state index contributed by atoms with van der Waals surface area (Å²) >= 11 is 0. The smallest absolute Gasteiger partial charge is 0.198 e. The van der Waals surface area contributed by atoms with Crippen molar-refractivity contribution in [2.45, 2.75) is 46.1 Å². The number of carbonyl (C=O) groups is 1. The second kappa shape index (κ2) is 6.85. The van der Waals surface area contributed by atoms with Gasteiger partial charge in [0.25, 0.3) is 0 Å². The third kappa shape index (κ3) is 3.66. The molecule has 2 heterocycles. The second-order valence-corrected chi connectivity index (χ2v) is 5.66. The van der Waals surface area contributed by atoms with Gasteiger partial charge in [-0.25, -0.2) is 4.98 Å². The lowest BCUT2D eigenvalue weighted by Gasteiger charge is -2.27. The van der Waals surface area contributed by atoms with Gasteiger partial charge in [-0.05, 0) is 44.2 Å². The molecular formula is C15H25N3O. The first kappa shape index (κ1) is 14.3. The maximum atomic E-state index is 12.4. The number of Topliss-reactive ketones (excluding diaryl/α,β-unsaturated/α-hetero) is 1. The summed E-state index contributed by atoms with van der Waals surface area (Å²) in [6.45, 7) is 7.36. The number of piperidine rings is 1. The fourth-order valence-corrected chi connectivity index (χ4v) is 2.90. The maximum Gasteiger partial charge on any atom is 0.198 e. The van der Waals surface area contributed by atoms with Crippen molar-refractivity contribution in [3.63, 3.8) is 0 Å². The molecule has 1 aliphatic rings. The number of carbonyl (C=O) groups excluding carboxylic acids is 1.